The number of carbonyl (C=O) groups is 3. The van der Waals surface area contributed by atoms with Crippen LogP contribution >= 0.6 is 22.9 Å². The summed E-state index contributed by atoms with van der Waals surface area (Å²) in [6.07, 6.45) is 2.66. The fourth-order valence-corrected chi connectivity index (χ4v) is 4.11. The zero-order valence-electron chi connectivity index (χ0n) is 16.7. The minimum atomic E-state index is -0.364. The lowest BCUT2D eigenvalue weighted by molar-refractivity contribution is -0.128. The highest BCUT2D eigenvalue weighted by molar-refractivity contribution is 7.15. The number of nitrogens with zero attached hydrogens (tertiary/aromatic N) is 3. The Morgan fingerprint density at radius 1 is 1.30 bits per heavy atom. The van der Waals surface area contributed by atoms with Crippen LogP contribution < -0.4 is 10.6 Å². The minimum absolute atomic E-state index is 0.0239. The van der Waals surface area contributed by atoms with Gasteiger partial charge in [-0.2, -0.15) is 0 Å². The molecule has 0 radical (unpaired) electrons. The first-order chi connectivity index (χ1) is 14.5. The number of anilines is 1. The molecule has 2 aromatic rings. The number of unbranched alkanes of at least 4 members (excludes halogenated alkanes) is 1. The van der Waals surface area contributed by atoms with Crippen LogP contribution in [0.25, 0.3) is 0 Å². The number of carbonyl (C=O) groups excluding carboxylic acids is 3. The van der Waals surface area contributed by atoms with Gasteiger partial charge in [-0.3, -0.25) is 14.4 Å². The Bertz CT molecular complexity index is 919. The van der Waals surface area contributed by atoms with Crippen molar-refractivity contribution in [3.05, 3.63) is 39.9 Å². The van der Waals surface area contributed by atoms with Crippen LogP contribution in [0.5, 0.6) is 0 Å². The van der Waals surface area contributed by atoms with Crippen molar-refractivity contribution < 1.29 is 14.4 Å². The highest BCUT2D eigenvalue weighted by atomic mass is 35.5. The van der Waals surface area contributed by atoms with E-state index in [0.29, 0.717) is 46.8 Å². The Hall–Kier alpha value is -2.52. The van der Waals surface area contributed by atoms with Crippen LogP contribution in [-0.2, 0) is 16.0 Å². The molecule has 160 valence electrons. The molecule has 1 fully saturated rings. The van der Waals surface area contributed by atoms with Gasteiger partial charge in [-0.05, 0) is 18.6 Å². The van der Waals surface area contributed by atoms with Gasteiger partial charge in [0.1, 0.15) is 5.01 Å². The van der Waals surface area contributed by atoms with E-state index in [2.05, 4.69) is 27.8 Å². The van der Waals surface area contributed by atoms with Crippen molar-refractivity contribution in [2.24, 2.45) is 5.92 Å². The molecule has 1 aliphatic rings. The van der Waals surface area contributed by atoms with E-state index in [0.717, 1.165) is 12.8 Å². The van der Waals surface area contributed by atoms with Crippen LogP contribution in [0.15, 0.2) is 24.3 Å². The molecule has 30 heavy (non-hydrogen) atoms. The average molecular weight is 450 g/mol. The number of nitrogens with one attached hydrogen (secondary N) is 2. The van der Waals surface area contributed by atoms with Crippen LogP contribution in [0, 0.1) is 5.92 Å². The van der Waals surface area contributed by atoms with E-state index < -0.39 is 0 Å². The summed E-state index contributed by atoms with van der Waals surface area (Å²) in [7, 11) is 0. The predicted octanol–water partition coefficient (Wildman–Crippen LogP) is 2.75. The second-order valence-electron chi connectivity index (χ2n) is 7.07. The molecule has 0 spiro atoms. The second kappa shape index (κ2) is 10.5. The van der Waals surface area contributed by atoms with E-state index in [-0.39, 0.29) is 30.1 Å². The molecule has 1 atom stereocenters. The van der Waals surface area contributed by atoms with Crippen molar-refractivity contribution >= 4 is 45.8 Å². The van der Waals surface area contributed by atoms with E-state index in [1.165, 1.54) is 11.3 Å². The first-order valence-electron chi connectivity index (χ1n) is 9.91. The Balaban J connectivity index is 1.45. The van der Waals surface area contributed by atoms with Crippen LogP contribution in [0.2, 0.25) is 5.02 Å². The standard InChI is InChI=1S/C20H24ClN5O3S/c1-2-3-10-26-12-13(11-17(26)27)18(28)23-20-25-24-16(30-20)8-9-22-19(29)14-6-4-5-7-15(14)21/h4-7,13H,2-3,8-12H2,1H3,(H,22,29)(H,23,25,28). The Morgan fingerprint density at radius 2 is 2.10 bits per heavy atom. The second-order valence-corrected chi connectivity index (χ2v) is 8.54. The third-order valence-corrected chi connectivity index (χ3v) is 6.03. The van der Waals surface area contributed by atoms with E-state index in [1.807, 2.05) is 0 Å². The highest BCUT2D eigenvalue weighted by Crippen LogP contribution is 2.22. The lowest BCUT2D eigenvalue weighted by atomic mass is 10.1. The van der Waals surface area contributed by atoms with Crippen LogP contribution in [0.3, 0.4) is 0 Å². The number of hydrogen-bond acceptors (Lipinski definition) is 6. The number of aromatic nitrogens is 2. The molecule has 2 N–H and O–H groups in total. The summed E-state index contributed by atoms with van der Waals surface area (Å²) in [6.45, 7) is 3.59. The van der Waals surface area contributed by atoms with Gasteiger partial charge in [0.2, 0.25) is 16.9 Å². The van der Waals surface area contributed by atoms with Crippen LogP contribution in [0.1, 0.15) is 41.6 Å². The lowest BCUT2D eigenvalue weighted by Crippen LogP contribution is -2.29. The van der Waals surface area contributed by atoms with Gasteiger partial charge < -0.3 is 15.5 Å². The summed E-state index contributed by atoms with van der Waals surface area (Å²) in [5.41, 5.74) is 0.420. The van der Waals surface area contributed by atoms with Gasteiger partial charge in [-0.15, -0.1) is 10.2 Å². The molecule has 0 bridgehead atoms. The number of amides is 3. The van der Waals surface area contributed by atoms with Crippen molar-refractivity contribution in [1.29, 1.82) is 0 Å². The van der Waals surface area contributed by atoms with Crippen molar-refractivity contribution in [1.82, 2.24) is 20.4 Å². The first kappa shape index (κ1) is 22.2. The number of halogens is 1. The summed E-state index contributed by atoms with van der Waals surface area (Å²) in [6, 6.07) is 6.84. The Kier molecular flexibility index (Phi) is 7.75. The summed E-state index contributed by atoms with van der Waals surface area (Å²) in [5.74, 6) is -0.804. The molecule has 1 aromatic heterocycles. The van der Waals surface area contributed by atoms with Crippen molar-refractivity contribution in [3.63, 3.8) is 0 Å². The van der Waals surface area contributed by atoms with Gasteiger partial charge in [0.05, 0.1) is 16.5 Å². The van der Waals surface area contributed by atoms with E-state index in [1.54, 1.807) is 29.2 Å². The van der Waals surface area contributed by atoms with Crippen molar-refractivity contribution in [2.45, 2.75) is 32.6 Å². The summed E-state index contributed by atoms with van der Waals surface area (Å²) in [5, 5.41) is 15.1. The average Bonchev–Trinajstić information content (AvgIpc) is 3.33. The summed E-state index contributed by atoms with van der Waals surface area (Å²) in [4.78, 5) is 38.4. The topological polar surface area (TPSA) is 104 Å². The molecule has 10 heteroatoms. The number of benzene rings is 1. The third-order valence-electron chi connectivity index (χ3n) is 4.81. The molecule has 1 unspecified atom stereocenters. The molecule has 3 rings (SSSR count). The van der Waals surface area contributed by atoms with Crippen molar-refractivity contribution in [3.8, 4) is 0 Å². The number of rotatable bonds is 9. The van der Waals surface area contributed by atoms with E-state index in [9.17, 15) is 14.4 Å². The van der Waals surface area contributed by atoms with Gasteiger partial charge in [-0.1, -0.05) is 48.4 Å². The molecule has 3 amide bonds. The molecular formula is C20H24ClN5O3S. The fraction of sp³-hybridized carbons (Fsp3) is 0.450. The monoisotopic (exact) mass is 449 g/mol. The van der Waals surface area contributed by atoms with Gasteiger partial charge in [0.25, 0.3) is 5.91 Å². The van der Waals surface area contributed by atoms with E-state index in [4.69, 9.17) is 11.6 Å². The zero-order valence-corrected chi connectivity index (χ0v) is 18.3. The number of hydrogen-bond donors (Lipinski definition) is 2. The fourth-order valence-electron chi connectivity index (χ4n) is 3.15. The molecule has 1 saturated heterocycles. The van der Waals surface area contributed by atoms with Gasteiger partial charge >= 0.3 is 0 Å². The minimum Gasteiger partial charge on any atom is -0.352 e. The molecule has 1 aliphatic heterocycles. The quantitative estimate of drug-likeness (QED) is 0.612. The summed E-state index contributed by atoms with van der Waals surface area (Å²) < 4.78 is 0. The molecular weight excluding hydrogens is 426 g/mol. The van der Waals surface area contributed by atoms with Gasteiger partial charge in [0.15, 0.2) is 0 Å². The highest BCUT2D eigenvalue weighted by Gasteiger charge is 2.34. The van der Waals surface area contributed by atoms with Crippen LogP contribution in [-0.4, -0.2) is 52.5 Å². The van der Waals surface area contributed by atoms with E-state index >= 15 is 0 Å². The van der Waals surface area contributed by atoms with Gasteiger partial charge in [-0.25, -0.2) is 0 Å². The summed E-state index contributed by atoms with van der Waals surface area (Å²) >= 11 is 7.27. The Morgan fingerprint density at radius 3 is 2.87 bits per heavy atom. The lowest BCUT2D eigenvalue weighted by Gasteiger charge is -2.15. The zero-order chi connectivity index (χ0) is 21.5. The maximum atomic E-state index is 12.5. The molecule has 8 nitrogen and oxygen atoms in total. The molecule has 1 aromatic carbocycles. The number of likely N-dealkylation sites (tertiary alicyclic amines) is 1. The molecule has 0 aliphatic carbocycles. The smallest absolute Gasteiger partial charge is 0.252 e. The third kappa shape index (κ3) is 5.76. The maximum absolute atomic E-state index is 12.5. The molecule has 0 saturated carbocycles. The van der Waals surface area contributed by atoms with Crippen LogP contribution in [0.4, 0.5) is 5.13 Å². The van der Waals surface area contributed by atoms with Crippen molar-refractivity contribution in [2.75, 3.05) is 25.0 Å². The maximum Gasteiger partial charge on any atom is 0.252 e. The molecule has 2 heterocycles. The SMILES string of the molecule is CCCCN1CC(C(=O)Nc2nnc(CCNC(=O)c3ccccc3Cl)s2)CC1=O. The normalized spacial score (nSPS) is 16.0. The van der Waals surface area contributed by atoms with Gasteiger partial charge in [0, 0.05) is 32.5 Å². The Labute approximate surface area is 184 Å². The first-order valence-corrected chi connectivity index (χ1v) is 11.1. The predicted molar refractivity (Wildman–Crippen MR) is 116 cm³/mol. The largest absolute Gasteiger partial charge is 0.352 e.